The maximum atomic E-state index is 13.1. The predicted octanol–water partition coefficient (Wildman–Crippen LogP) is 4.19. The minimum absolute atomic E-state index is 0.0485. The normalized spacial score (nSPS) is 16.7. The number of ether oxygens (including phenoxy) is 1. The maximum Gasteiger partial charge on any atom is 0.241 e. The molecule has 0 radical (unpaired) electrons. The number of amides is 1. The molecule has 8 heteroatoms. The zero-order valence-electron chi connectivity index (χ0n) is 19.0. The van der Waals surface area contributed by atoms with E-state index < -0.39 is 0 Å². The fraction of sp³-hybridized carbons (Fsp3) is 0.400. The average molecular weight is 453 g/mol. The van der Waals surface area contributed by atoms with E-state index in [4.69, 9.17) is 9.26 Å². The summed E-state index contributed by atoms with van der Waals surface area (Å²) in [4.78, 5) is 19.4. The summed E-state index contributed by atoms with van der Waals surface area (Å²) in [6.45, 7) is 6.42. The highest BCUT2D eigenvalue weighted by molar-refractivity contribution is 5.79. The summed E-state index contributed by atoms with van der Waals surface area (Å²) in [5.41, 5.74) is 1.71. The Bertz CT molecular complexity index is 1070. The van der Waals surface area contributed by atoms with E-state index in [1.165, 1.54) is 12.1 Å². The van der Waals surface area contributed by atoms with Gasteiger partial charge in [-0.1, -0.05) is 17.3 Å². The van der Waals surface area contributed by atoms with E-state index in [0.717, 1.165) is 30.7 Å². The quantitative estimate of drug-likeness (QED) is 0.552. The Morgan fingerprint density at radius 1 is 1.27 bits per heavy atom. The van der Waals surface area contributed by atoms with Crippen molar-refractivity contribution in [1.29, 1.82) is 0 Å². The number of carbonyl (C=O) groups is 1. The number of piperidine rings is 1. The van der Waals surface area contributed by atoms with E-state index >= 15 is 0 Å². The topological polar surface area (TPSA) is 80.5 Å². The molecule has 1 fully saturated rings. The molecule has 2 aromatic carbocycles. The van der Waals surface area contributed by atoms with E-state index in [-0.39, 0.29) is 23.7 Å². The fourth-order valence-electron chi connectivity index (χ4n) is 3.97. The Morgan fingerprint density at radius 2 is 2.09 bits per heavy atom. The summed E-state index contributed by atoms with van der Waals surface area (Å²) < 4.78 is 24.2. The molecule has 1 amide bonds. The lowest BCUT2D eigenvalue weighted by Crippen LogP contribution is -2.42. The van der Waals surface area contributed by atoms with Gasteiger partial charge in [-0.15, -0.1) is 0 Å². The van der Waals surface area contributed by atoms with Crippen LogP contribution in [0.4, 0.5) is 4.39 Å². The van der Waals surface area contributed by atoms with Gasteiger partial charge in [0.15, 0.2) is 0 Å². The van der Waals surface area contributed by atoms with E-state index in [1.807, 2.05) is 38.1 Å². The van der Waals surface area contributed by atoms with Crippen LogP contribution in [-0.2, 0) is 17.9 Å². The molecule has 1 saturated heterocycles. The number of nitrogens with zero attached hydrogens (tertiary/aromatic N) is 3. The molecule has 0 saturated carbocycles. The number of benzene rings is 2. The Hall–Kier alpha value is -3.26. The van der Waals surface area contributed by atoms with Crippen LogP contribution in [0.5, 0.6) is 5.75 Å². The summed E-state index contributed by atoms with van der Waals surface area (Å²) >= 11 is 0. The van der Waals surface area contributed by atoms with Crippen molar-refractivity contribution in [1.82, 2.24) is 20.4 Å². The number of likely N-dealkylation sites (tertiary alicyclic amines) is 1. The van der Waals surface area contributed by atoms with Crippen LogP contribution in [0.3, 0.4) is 0 Å². The summed E-state index contributed by atoms with van der Waals surface area (Å²) in [6.07, 6.45) is 1.88. The molecule has 1 aliphatic rings. The SMILES string of the molecule is CC(C)Oc1cccc(CNC(=O)C2CCCN(Cc3nc(-c4ccc(F)cc4)no3)C2)c1. The van der Waals surface area contributed by atoms with Crippen molar-refractivity contribution >= 4 is 5.91 Å². The third kappa shape index (κ3) is 6.38. The molecule has 7 nitrogen and oxygen atoms in total. The van der Waals surface area contributed by atoms with Crippen molar-refractivity contribution in [3.05, 3.63) is 65.8 Å². The van der Waals surface area contributed by atoms with E-state index in [1.54, 1.807) is 12.1 Å². The second-order valence-corrected chi connectivity index (χ2v) is 8.62. The lowest BCUT2D eigenvalue weighted by atomic mass is 9.97. The van der Waals surface area contributed by atoms with Gasteiger partial charge in [0.25, 0.3) is 0 Å². The zero-order valence-corrected chi connectivity index (χ0v) is 19.0. The first-order valence-electron chi connectivity index (χ1n) is 11.3. The van der Waals surface area contributed by atoms with Crippen LogP contribution in [-0.4, -0.2) is 40.1 Å². The summed E-state index contributed by atoms with van der Waals surface area (Å²) in [6, 6.07) is 13.8. The molecule has 1 atom stereocenters. The van der Waals surface area contributed by atoms with Crippen LogP contribution in [0.25, 0.3) is 11.4 Å². The van der Waals surface area contributed by atoms with Gasteiger partial charge >= 0.3 is 0 Å². The van der Waals surface area contributed by atoms with E-state index in [0.29, 0.717) is 36.9 Å². The van der Waals surface area contributed by atoms with Crippen LogP contribution in [0.1, 0.15) is 38.1 Å². The van der Waals surface area contributed by atoms with Gasteiger partial charge in [-0.3, -0.25) is 9.69 Å². The average Bonchev–Trinajstić information content (AvgIpc) is 3.26. The number of nitrogens with one attached hydrogen (secondary N) is 1. The minimum Gasteiger partial charge on any atom is -0.491 e. The number of hydrogen-bond acceptors (Lipinski definition) is 6. The molecule has 0 bridgehead atoms. The first kappa shape index (κ1) is 22.9. The van der Waals surface area contributed by atoms with Gasteiger partial charge < -0.3 is 14.6 Å². The first-order valence-corrected chi connectivity index (χ1v) is 11.3. The van der Waals surface area contributed by atoms with E-state index in [9.17, 15) is 9.18 Å². The van der Waals surface area contributed by atoms with Gasteiger partial charge in [0.1, 0.15) is 11.6 Å². The second kappa shape index (κ2) is 10.6. The number of carbonyl (C=O) groups excluding carboxylic acids is 1. The Kier molecular flexibility index (Phi) is 7.34. The highest BCUT2D eigenvalue weighted by Gasteiger charge is 2.27. The van der Waals surface area contributed by atoms with Crippen LogP contribution < -0.4 is 10.1 Å². The number of hydrogen-bond donors (Lipinski definition) is 1. The highest BCUT2D eigenvalue weighted by atomic mass is 19.1. The molecule has 1 aromatic heterocycles. The van der Waals surface area contributed by atoms with Crippen molar-refractivity contribution in [2.75, 3.05) is 13.1 Å². The summed E-state index contributed by atoms with van der Waals surface area (Å²) in [5.74, 6) is 1.37. The molecule has 1 N–H and O–H groups in total. The van der Waals surface area contributed by atoms with Gasteiger partial charge in [0.05, 0.1) is 18.6 Å². The van der Waals surface area contributed by atoms with E-state index in [2.05, 4.69) is 20.4 Å². The van der Waals surface area contributed by atoms with Crippen LogP contribution in [0, 0.1) is 11.7 Å². The lowest BCUT2D eigenvalue weighted by Gasteiger charge is -2.30. The third-order valence-electron chi connectivity index (χ3n) is 5.54. The fourth-order valence-corrected chi connectivity index (χ4v) is 3.97. The monoisotopic (exact) mass is 452 g/mol. The lowest BCUT2D eigenvalue weighted by molar-refractivity contribution is -0.127. The van der Waals surface area contributed by atoms with Crippen LogP contribution >= 0.6 is 0 Å². The molecule has 33 heavy (non-hydrogen) atoms. The molecule has 174 valence electrons. The number of aromatic nitrogens is 2. The summed E-state index contributed by atoms with van der Waals surface area (Å²) in [5, 5.41) is 7.06. The molecule has 0 spiro atoms. The zero-order chi connectivity index (χ0) is 23.2. The Labute approximate surface area is 192 Å². The van der Waals surface area contributed by atoms with Crippen molar-refractivity contribution in [2.24, 2.45) is 5.92 Å². The molecule has 0 aliphatic carbocycles. The Balaban J connectivity index is 1.29. The Morgan fingerprint density at radius 3 is 2.88 bits per heavy atom. The summed E-state index contributed by atoms with van der Waals surface area (Å²) in [7, 11) is 0. The predicted molar refractivity (Wildman–Crippen MR) is 122 cm³/mol. The van der Waals surface area contributed by atoms with Gasteiger partial charge in [-0.05, 0) is 75.2 Å². The molecule has 4 rings (SSSR count). The second-order valence-electron chi connectivity index (χ2n) is 8.62. The molecule has 3 aromatic rings. The standard InChI is InChI=1S/C25H29FN4O3/c1-17(2)32-22-7-3-5-18(13-22)14-27-25(31)20-6-4-12-30(15-20)16-23-28-24(29-33-23)19-8-10-21(26)11-9-19/h3,5,7-11,13,17,20H,4,6,12,14-16H2,1-2H3,(H,27,31). The molecule has 1 unspecified atom stereocenters. The molecular weight excluding hydrogens is 423 g/mol. The molecule has 2 heterocycles. The van der Waals surface area contributed by atoms with Crippen LogP contribution in [0.15, 0.2) is 53.1 Å². The van der Waals surface area contributed by atoms with Crippen LogP contribution in [0.2, 0.25) is 0 Å². The van der Waals surface area contributed by atoms with Crippen molar-refractivity contribution in [3.63, 3.8) is 0 Å². The largest absolute Gasteiger partial charge is 0.491 e. The van der Waals surface area contributed by atoms with Crippen molar-refractivity contribution < 1.29 is 18.4 Å². The molecular formula is C25H29FN4O3. The van der Waals surface area contributed by atoms with Crippen molar-refractivity contribution in [3.8, 4) is 17.1 Å². The first-order chi connectivity index (χ1) is 16.0. The van der Waals surface area contributed by atoms with Gasteiger partial charge in [-0.2, -0.15) is 4.98 Å². The van der Waals surface area contributed by atoms with Gasteiger partial charge in [0, 0.05) is 18.7 Å². The highest BCUT2D eigenvalue weighted by Crippen LogP contribution is 2.21. The third-order valence-corrected chi connectivity index (χ3v) is 5.54. The van der Waals surface area contributed by atoms with Crippen molar-refractivity contribution in [2.45, 2.75) is 45.9 Å². The maximum absolute atomic E-state index is 13.1. The van der Waals surface area contributed by atoms with Gasteiger partial charge in [-0.25, -0.2) is 4.39 Å². The molecule has 1 aliphatic heterocycles. The number of halogens is 1. The van der Waals surface area contributed by atoms with Gasteiger partial charge in [0.2, 0.25) is 17.6 Å². The smallest absolute Gasteiger partial charge is 0.241 e. The number of rotatable bonds is 8. The minimum atomic E-state index is -0.309.